The fourth-order valence-corrected chi connectivity index (χ4v) is 0.523. The molecule has 0 saturated carbocycles. The molecule has 9 nitrogen and oxygen atoms in total. The summed E-state index contributed by atoms with van der Waals surface area (Å²) in [5.74, 6) is -2.28. The molecule has 0 radical (unpaired) electrons. The maximum absolute atomic E-state index is 10.7. The van der Waals surface area contributed by atoms with E-state index >= 15 is 0 Å². The first-order chi connectivity index (χ1) is 7.11. The lowest BCUT2D eigenvalue weighted by Gasteiger charge is -2.07. The zero-order chi connectivity index (χ0) is 11.7. The van der Waals surface area contributed by atoms with E-state index in [4.69, 9.17) is 5.11 Å². The molecule has 1 atom stereocenters. The summed E-state index contributed by atoms with van der Waals surface area (Å²) < 4.78 is 0. The second-order valence-electron chi connectivity index (χ2n) is 2.09. The summed E-state index contributed by atoms with van der Waals surface area (Å²) in [5, 5.41) is 8.97. The molecule has 2 amide bonds. The van der Waals surface area contributed by atoms with Crippen LogP contribution in [0.4, 0.5) is 0 Å². The Hall–Kier alpha value is -2.16. The second kappa shape index (κ2) is 7.26. The number of nitrogens with one attached hydrogen (secondary N) is 2. The summed E-state index contributed by atoms with van der Waals surface area (Å²) in [6.45, 7) is 0. The fraction of sp³-hybridized carbons (Fsp3) is 0.333. The van der Waals surface area contributed by atoms with Crippen LogP contribution in [-0.4, -0.2) is 36.0 Å². The van der Waals surface area contributed by atoms with Gasteiger partial charge in [-0.3, -0.25) is 9.59 Å². The van der Waals surface area contributed by atoms with Gasteiger partial charge in [-0.15, -0.1) is 0 Å². The quantitative estimate of drug-likeness (QED) is 0.310. The molecule has 0 aromatic rings. The van der Waals surface area contributed by atoms with Crippen LogP contribution < -0.4 is 11.0 Å². The Bertz CT molecular complexity index is 254. The maximum atomic E-state index is 10.7. The number of carbonyl (C=O) groups excluding carboxylic acids is 4. The van der Waals surface area contributed by atoms with Gasteiger partial charge in [-0.25, -0.2) is 9.59 Å². The highest BCUT2D eigenvalue weighted by atomic mass is 16.7. The van der Waals surface area contributed by atoms with E-state index in [0.717, 1.165) is 0 Å². The first-order valence-electron chi connectivity index (χ1n) is 3.58. The molecule has 0 heterocycles. The summed E-state index contributed by atoms with van der Waals surface area (Å²) in [6.07, 6.45) is -2.36. The van der Waals surface area contributed by atoms with Crippen molar-refractivity contribution in [3.05, 3.63) is 0 Å². The lowest BCUT2D eigenvalue weighted by Crippen LogP contribution is -2.32. The average molecular weight is 220 g/mol. The maximum Gasteiger partial charge on any atom is 0.360 e. The van der Waals surface area contributed by atoms with Crippen molar-refractivity contribution in [1.82, 2.24) is 11.0 Å². The van der Waals surface area contributed by atoms with Gasteiger partial charge in [0.25, 0.3) is 0 Å². The van der Waals surface area contributed by atoms with E-state index in [2.05, 4.69) is 9.68 Å². The topological polar surface area (TPSA) is 131 Å². The van der Waals surface area contributed by atoms with Gasteiger partial charge < -0.3 is 14.8 Å². The van der Waals surface area contributed by atoms with Crippen molar-refractivity contribution < 1.29 is 34.0 Å². The first-order valence-corrected chi connectivity index (χ1v) is 3.58. The Morgan fingerprint density at radius 2 is 1.73 bits per heavy atom. The Kier molecular flexibility index (Phi) is 6.22. The van der Waals surface area contributed by atoms with Crippen molar-refractivity contribution in [1.29, 1.82) is 0 Å². The van der Waals surface area contributed by atoms with Crippen LogP contribution in [0.5, 0.6) is 0 Å². The molecule has 0 saturated heterocycles. The van der Waals surface area contributed by atoms with Crippen LogP contribution in [0.25, 0.3) is 0 Å². The smallest absolute Gasteiger partial charge is 0.360 e. The predicted molar refractivity (Wildman–Crippen MR) is 41.2 cm³/mol. The molecule has 0 fully saturated rings. The summed E-state index contributed by atoms with van der Waals surface area (Å²) in [6, 6.07) is 0. The largest absolute Gasteiger partial charge is 0.381 e. The van der Waals surface area contributed by atoms with Crippen molar-refractivity contribution in [2.75, 3.05) is 0 Å². The first kappa shape index (κ1) is 12.8. The molecular weight excluding hydrogens is 212 g/mol. The Morgan fingerprint density at radius 3 is 2.27 bits per heavy atom. The second-order valence-corrected chi connectivity index (χ2v) is 2.09. The van der Waals surface area contributed by atoms with Gasteiger partial charge in [0.05, 0.1) is 6.42 Å². The monoisotopic (exact) mass is 220 g/mol. The van der Waals surface area contributed by atoms with Gasteiger partial charge in [-0.2, -0.15) is 11.0 Å². The van der Waals surface area contributed by atoms with Crippen LogP contribution in [0.1, 0.15) is 6.42 Å². The van der Waals surface area contributed by atoms with E-state index in [1.807, 2.05) is 0 Å². The number of hydrogen-bond donors (Lipinski definition) is 3. The average Bonchev–Trinajstić information content (AvgIpc) is 2.22. The van der Waals surface area contributed by atoms with Crippen LogP contribution in [0.3, 0.4) is 0 Å². The molecule has 15 heavy (non-hydrogen) atoms. The minimum absolute atomic E-state index is 0.0664. The lowest BCUT2D eigenvalue weighted by atomic mass is 10.3. The molecule has 0 aliphatic heterocycles. The van der Waals surface area contributed by atoms with E-state index in [0.29, 0.717) is 0 Å². The summed E-state index contributed by atoms with van der Waals surface area (Å²) in [5.41, 5.74) is 3.10. The fourth-order valence-electron chi connectivity index (χ4n) is 0.523. The molecule has 9 heteroatoms. The van der Waals surface area contributed by atoms with E-state index in [9.17, 15) is 19.2 Å². The number of amides is 2. The van der Waals surface area contributed by atoms with Gasteiger partial charge in [0.2, 0.25) is 12.8 Å². The highest BCUT2D eigenvalue weighted by Crippen LogP contribution is 1.95. The standard InChI is InChI=1S/C6H8N2O7/c9-2-7-14-5(12)1-4(11)6(13)15-8-3-10/h2-4,11H,1H2,(H,7,9)(H,8,10). The third kappa shape index (κ3) is 5.99. The summed E-state index contributed by atoms with van der Waals surface area (Å²) in [7, 11) is 0. The highest BCUT2D eigenvalue weighted by molar-refractivity contribution is 5.81. The van der Waals surface area contributed by atoms with Crippen LogP contribution in [0.2, 0.25) is 0 Å². The van der Waals surface area contributed by atoms with E-state index in [1.54, 1.807) is 5.48 Å². The number of hydroxylamine groups is 2. The number of aliphatic hydroxyl groups is 1. The van der Waals surface area contributed by atoms with Crippen molar-refractivity contribution in [2.45, 2.75) is 12.5 Å². The van der Waals surface area contributed by atoms with Crippen LogP contribution in [0.15, 0.2) is 0 Å². The Morgan fingerprint density at radius 1 is 1.20 bits per heavy atom. The summed E-state index contributed by atoms with van der Waals surface area (Å²) >= 11 is 0. The van der Waals surface area contributed by atoms with Crippen molar-refractivity contribution >= 4 is 24.8 Å². The van der Waals surface area contributed by atoms with E-state index in [1.165, 1.54) is 5.48 Å². The van der Waals surface area contributed by atoms with Crippen LogP contribution in [0, 0.1) is 0 Å². The predicted octanol–water partition coefficient (Wildman–Crippen LogP) is -2.85. The normalized spacial score (nSPS) is 10.7. The van der Waals surface area contributed by atoms with Gasteiger partial charge >= 0.3 is 11.9 Å². The molecule has 0 aliphatic rings. The molecule has 0 spiro atoms. The lowest BCUT2D eigenvalue weighted by molar-refractivity contribution is -0.169. The molecule has 0 bridgehead atoms. The third-order valence-electron chi connectivity index (χ3n) is 1.06. The van der Waals surface area contributed by atoms with E-state index < -0.39 is 24.5 Å². The van der Waals surface area contributed by atoms with Crippen LogP contribution in [-0.2, 0) is 28.9 Å². The molecule has 0 rings (SSSR count). The van der Waals surface area contributed by atoms with Crippen molar-refractivity contribution in [3.8, 4) is 0 Å². The number of hydrogen-bond acceptors (Lipinski definition) is 7. The Labute approximate surface area is 83.2 Å². The number of carbonyl (C=O) groups is 4. The van der Waals surface area contributed by atoms with Crippen molar-refractivity contribution in [2.24, 2.45) is 0 Å². The molecular formula is C6H8N2O7. The third-order valence-corrected chi connectivity index (χ3v) is 1.06. The molecule has 0 aromatic carbocycles. The zero-order valence-electron chi connectivity index (χ0n) is 7.34. The number of rotatable bonds is 7. The number of aliphatic hydroxyl groups excluding tert-OH is 1. The molecule has 1 unspecified atom stereocenters. The Balaban J connectivity index is 3.84. The van der Waals surface area contributed by atoms with E-state index in [-0.39, 0.29) is 12.8 Å². The van der Waals surface area contributed by atoms with Gasteiger partial charge in [0.1, 0.15) is 0 Å². The van der Waals surface area contributed by atoms with Gasteiger partial charge in [-0.1, -0.05) is 0 Å². The van der Waals surface area contributed by atoms with Gasteiger partial charge in [-0.05, 0) is 0 Å². The molecule has 3 N–H and O–H groups in total. The summed E-state index contributed by atoms with van der Waals surface area (Å²) in [4.78, 5) is 48.7. The SMILES string of the molecule is O=CNOC(=O)CC(O)C(=O)ONC=O. The van der Waals surface area contributed by atoms with Gasteiger partial charge in [0, 0.05) is 0 Å². The molecule has 0 aromatic heterocycles. The highest BCUT2D eigenvalue weighted by Gasteiger charge is 2.22. The zero-order valence-corrected chi connectivity index (χ0v) is 7.34. The molecule has 0 aliphatic carbocycles. The molecule has 84 valence electrons. The van der Waals surface area contributed by atoms with Crippen LogP contribution >= 0.6 is 0 Å². The minimum Gasteiger partial charge on any atom is -0.381 e. The minimum atomic E-state index is -1.79. The van der Waals surface area contributed by atoms with Gasteiger partial charge in [0.15, 0.2) is 6.10 Å². The van der Waals surface area contributed by atoms with Crippen molar-refractivity contribution in [3.63, 3.8) is 0 Å².